The summed E-state index contributed by atoms with van der Waals surface area (Å²) in [6, 6.07) is 6.92. The minimum absolute atomic E-state index is 0.0258. The maximum Gasteiger partial charge on any atom is 0.259 e. The summed E-state index contributed by atoms with van der Waals surface area (Å²) in [4.78, 5) is 29.2. The zero-order chi connectivity index (χ0) is 18.3. The minimum Gasteiger partial charge on any atom is -0.360 e. The topological polar surface area (TPSA) is 78.7 Å². The van der Waals surface area contributed by atoms with Crippen LogP contribution in [-0.2, 0) is 4.79 Å². The number of piperazine rings is 2. The van der Waals surface area contributed by atoms with Crippen molar-refractivity contribution < 1.29 is 14.1 Å². The maximum atomic E-state index is 13.2. The van der Waals surface area contributed by atoms with Gasteiger partial charge in [-0.2, -0.15) is 0 Å². The number of carbonyl (C=O) groups excluding carboxylic acids is 2. The van der Waals surface area contributed by atoms with Gasteiger partial charge in [0.1, 0.15) is 23.1 Å². The van der Waals surface area contributed by atoms with E-state index in [2.05, 4.69) is 15.4 Å². The van der Waals surface area contributed by atoms with Crippen molar-refractivity contribution in [1.82, 2.24) is 20.3 Å². The van der Waals surface area contributed by atoms with Gasteiger partial charge in [0.15, 0.2) is 0 Å². The molecule has 0 bridgehead atoms. The summed E-state index contributed by atoms with van der Waals surface area (Å²) < 4.78 is 5.30. The second kappa shape index (κ2) is 6.74. The zero-order valence-electron chi connectivity index (χ0n) is 14.4. The molecule has 8 heteroatoms. The van der Waals surface area contributed by atoms with E-state index in [0.29, 0.717) is 53.8 Å². The molecule has 2 aliphatic heterocycles. The number of fused-ring (bicyclic) bond motifs is 1. The van der Waals surface area contributed by atoms with Crippen LogP contribution in [0.2, 0.25) is 5.02 Å². The fraction of sp³-hybridized carbons (Fsp3) is 0.389. The minimum atomic E-state index is -0.301. The van der Waals surface area contributed by atoms with Gasteiger partial charge in [0.05, 0.1) is 5.02 Å². The Morgan fingerprint density at radius 2 is 2.12 bits per heavy atom. The molecule has 1 atom stereocenters. The van der Waals surface area contributed by atoms with Crippen molar-refractivity contribution in [2.75, 3.05) is 32.7 Å². The molecule has 0 saturated carbocycles. The fourth-order valence-electron chi connectivity index (χ4n) is 3.58. The van der Waals surface area contributed by atoms with Crippen LogP contribution in [-0.4, -0.2) is 65.5 Å². The van der Waals surface area contributed by atoms with Gasteiger partial charge in [0.2, 0.25) is 5.91 Å². The van der Waals surface area contributed by atoms with Gasteiger partial charge in [-0.3, -0.25) is 14.5 Å². The van der Waals surface area contributed by atoms with Crippen molar-refractivity contribution in [2.24, 2.45) is 0 Å². The maximum absolute atomic E-state index is 13.2. The first kappa shape index (κ1) is 17.1. The Kier molecular flexibility index (Phi) is 4.42. The Balaban J connectivity index is 1.64. The summed E-state index contributed by atoms with van der Waals surface area (Å²) in [7, 11) is 0. The summed E-state index contributed by atoms with van der Waals surface area (Å²) in [5, 5.41) is 7.43. The molecule has 4 rings (SSSR count). The zero-order valence-corrected chi connectivity index (χ0v) is 15.1. The molecule has 26 heavy (non-hydrogen) atoms. The SMILES string of the molecule is Cc1onc(-c2ccccc2Cl)c1C(=O)N1CCN2CCNC(=O)[C@@H]2C1. The first-order valence-corrected chi connectivity index (χ1v) is 8.96. The van der Waals surface area contributed by atoms with Crippen LogP contribution in [0, 0.1) is 6.92 Å². The normalized spacial score (nSPS) is 20.6. The van der Waals surface area contributed by atoms with Gasteiger partial charge in [-0.1, -0.05) is 35.0 Å². The summed E-state index contributed by atoms with van der Waals surface area (Å²) in [5.41, 5.74) is 1.50. The standard InChI is InChI=1S/C18H19ClN4O3/c1-11-15(16(21-26-11)12-4-2-3-5-13(12)19)18(25)23-9-8-22-7-6-20-17(24)14(22)10-23/h2-5,14H,6-10H2,1H3,(H,20,24)/t14-/m0/s1. The van der Waals surface area contributed by atoms with Crippen molar-refractivity contribution in [3.63, 3.8) is 0 Å². The van der Waals surface area contributed by atoms with Crippen LogP contribution in [0.15, 0.2) is 28.8 Å². The van der Waals surface area contributed by atoms with Gasteiger partial charge in [-0.05, 0) is 13.0 Å². The van der Waals surface area contributed by atoms with Crippen LogP contribution in [0.5, 0.6) is 0 Å². The predicted molar refractivity (Wildman–Crippen MR) is 96.0 cm³/mol. The molecule has 136 valence electrons. The average Bonchev–Trinajstić information content (AvgIpc) is 3.03. The Bertz CT molecular complexity index is 866. The highest BCUT2D eigenvalue weighted by molar-refractivity contribution is 6.33. The van der Waals surface area contributed by atoms with E-state index in [1.807, 2.05) is 18.2 Å². The van der Waals surface area contributed by atoms with E-state index >= 15 is 0 Å². The largest absolute Gasteiger partial charge is 0.360 e. The van der Waals surface area contributed by atoms with Crippen molar-refractivity contribution in [3.8, 4) is 11.3 Å². The van der Waals surface area contributed by atoms with Gasteiger partial charge in [0.25, 0.3) is 5.91 Å². The summed E-state index contributed by atoms with van der Waals surface area (Å²) >= 11 is 6.27. The molecule has 1 aromatic carbocycles. The molecular formula is C18H19ClN4O3. The van der Waals surface area contributed by atoms with Gasteiger partial charge < -0.3 is 14.7 Å². The van der Waals surface area contributed by atoms with Crippen molar-refractivity contribution in [1.29, 1.82) is 0 Å². The van der Waals surface area contributed by atoms with E-state index < -0.39 is 0 Å². The van der Waals surface area contributed by atoms with Crippen LogP contribution in [0.4, 0.5) is 0 Å². The molecule has 0 radical (unpaired) electrons. The number of aryl methyl sites for hydroxylation is 1. The summed E-state index contributed by atoms with van der Waals surface area (Å²) in [5.74, 6) is 0.235. The molecule has 7 nitrogen and oxygen atoms in total. The number of rotatable bonds is 2. The summed E-state index contributed by atoms with van der Waals surface area (Å²) in [6.07, 6.45) is 0. The number of nitrogens with one attached hydrogen (secondary N) is 1. The van der Waals surface area contributed by atoms with Crippen LogP contribution < -0.4 is 5.32 Å². The van der Waals surface area contributed by atoms with Gasteiger partial charge in [-0.25, -0.2) is 0 Å². The third kappa shape index (κ3) is 2.87. The fourth-order valence-corrected chi connectivity index (χ4v) is 3.81. The lowest BCUT2D eigenvalue weighted by Gasteiger charge is -2.42. The first-order chi connectivity index (χ1) is 12.6. The Morgan fingerprint density at radius 1 is 1.31 bits per heavy atom. The predicted octanol–water partition coefficient (Wildman–Crippen LogP) is 1.56. The third-order valence-corrected chi connectivity index (χ3v) is 5.31. The molecule has 2 aliphatic rings. The van der Waals surface area contributed by atoms with Crippen LogP contribution in [0.3, 0.4) is 0 Å². The molecule has 1 aromatic heterocycles. The first-order valence-electron chi connectivity index (χ1n) is 8.58. The Morgan fingerprint density at radius 3 is 2.92 bits per heavy atom. The number of hydrogen-bond donors (Lipinski definition) is 1. The highest BCUT2D eigenvalue weighted by atomic mass is 35.5. The second-order valence-corrected chi connectivity index (χ2v) is 6.94. The molecule has 2 aromatic rings. The van der Waals surface area contributed by atoms with Gasteiger partial charge in [0, 0.05) is 38.3 Å². The molecule has 0 spiro atoms. The molecule has 3 heterocycles. The van der Waals surface area contributed by atoms with Crippen LogP contribution in [0.1, 0.15) is 16.1 Å². The van der Waals surface area contributed by atoms with Crippen LogP contribution >= 0.6 is 11.6 Å². The van der Waals surface area contributed by atoms with Crippen molar-refractivity contribution >= 4 is 23.4 Å². The van der Waals surface area contributed by atoms with Crippen molar-refractivity contribution in [2.45, 2.75) is 13.0 Å². The van der Waals surface area contributed by atoms with Crippen molar-refractivity contribution in [3.05, 3.63) is 40.6 Å². The van der Waals surface area contributed by atoms with E-state index in [1.54, 1.807) is 17.9 Å². The smallest absolute Gasteiger partial charge is 0.259 e. The molecule has 2 saturated heterocycles. The lowest BCUT2D eigenvalue weighted by molar-refractivity contribution is -0.131. The number of nitrogens with zero attached hydrogens (tertiary/aromatic N) is 3. The number of benzene rings is 1. The Labute approximate surface area is 155 Å². The average molecular weight is 375 g/mol. The number of carbonyl (C=O) groups is 2. The molecular weight excluding hydrogens is 356 g/mol. The monoisotopic (exact) mass is 374 g/mol. The van der Waals surface area contributed by atoms with E-state index in [4.69, 9.17) is 16.1 Å². The molecule has 2 amide bonds. The van der Waals surface area contributed by atoms with Gasteiger partial charge >= 0.3 is 0 Å². The van der Waals surface area contributed by atoms with E-state index in [1.165, 1.54) is 0 Å². The Hall–Kier alpha value is -2.38. The number of amides is 2. The van der Waals surface area contributed by atoms with Gasteiger partial charge in [-0.15, -0.1) is 0 Å². The molecule has 0 aliphatic carbocycles. The van der Waals surface area contributed by atoms with E-state index in [0.717, 1.165) is 6.54 Å². The molecule has 0 unspecified atom stereocenters. The van der Waals surface area contributed by atoms with Crippen LogP contribution in [0.25, 0.3) is 11.3 Å². The second-order valence-electron chi connectivity index (χ2n) is 6.54. The lowest BCUT2D eigenvalue weighted by atomic mass is 10.0. The highest BCUT2D eigenvalue weighted by Gasteiger charge is 2.38. The molecule has 1 N–H and O–H groups in total. The molecule has 2 fully saturated rings. The van der Waals surface area contributed by atoms with E-state index in [-0.39, 0.29) is 17.9 Å². The number of aromatic nitrogens is 1. The number of halogens is 1. The highest BCUT2D eigenvalue weighted by Crippen LogP contribution is 2.32. The third-order valence-electron chi connectivity index (χ3n) is 4.98. The summed E-state index contributed by atoms with van der Waals surface area (Å²) in [6.45, 7) is 4.78. The van der Waals surface area contributed by atoms with E-state index in [9.17, 15) is 9.59 Å². The lowest BCUT2D eigenvalue weighted by Crippen LogP contribution is -2.64. The quantitative estimate of drug-likeness (QED) is 0.863. The number of hydrogen-bond acceptors (Lipinski definition) is 5.